The van der Waals surface area contributed by atoms with Crippen molar-refractivity contribution in [3.05, 3.63) is 35.9 Å². The van der Waals surface area contributed by atoms with Gasteiger partial charge in [0.1, 0.15) is 0 Å². The number of carbonyl (C=O) groups is 1. The highest BCUT2D eigenvalue weighted by Crippen LogP contribution is 2.30. The summed E-state index contributed by atoms with van der Waals surface area (Å²) in [5.41, 5.74) is 2.79. The Labute approximate surface area is 159 Å². The number of thiocarbonyl (C=S) groups is 1. The van der Waals surface area contributed by atoms with E-state index in [0.29, 0.717) is 18.9 Å². The van der Waals surface area contributed by atoms with Gasteiger partial charge >= 0.3 is 5.97 Å². The van der Waals surface area contributed by atoms with Gasteiger partial charge in [0, 0.05) is 13.0 Å². The van der Waals surface area contributed by atoms with Gasteiger partial charge in [-0.15, -0.1) is 0 Å². The molecule has 0 saturated heterocycles. The van der Waals surface area contributed by atoms with Crippen LogP contribution in [0.25, 0.3) is 0 Å². The highest BCUT2D eigenvalue weighted by atomic mass is 32.1. The maximum Gasteiger partial charge on any atom is 0.306 e. The number of rotatable bonds is 6. The molecule has 0 amide bonds. The summed E-state index contributed by atoms with van der Waals surface area (Å²) in [6, 6.07) is 10.2. The molecule has 3 nitrogen and oxygen atoms in total. The Kier molecular flexibility index (Phi) is 15.2. The summed E-state index contributed by atoms with van der Waals surface area (Å²) >= 11 is 4.62. The van der Waals surface area contributed by atoms with Crippen molar-refractivity contribution in [1.82, 2.24) is 5.32 Å². The van der Waals surface area contributed by atoms with Crippen LogP contribution in [0.4, 0.5) is 0 Å². The van der Waals surface area contributed by atoms with Gasteiger partial charge in [0.15, 0.2) is 0 Å². The molecule has 1 saturated carbocycles. The topological polar surface area (TPSA) is 38.3 Å². The molecule has 0 spiro atoms. The van der Waals surface area contributed by atoms with Crippen molar-refractivity contribution in [1.29, 1.82) is 0 Å². The van der Waals surface area contributed by atoms with E-state index in [9.17, 15) is 4.79 Å². The normalized spacial score (nSPS) is 18.6. The van der Waals surface area contributed by atoms with Gasteiger partial charge in [-0.25, -0.2) is 0 Å². The van der Waals surface area contributed by atoms with Crippen LogP contribution in [0.3, 0.4) is 0 Å². The Balaban J connectivity index is 0.000000430. The minimum Gasteiger partial charge on any atom is -0.466 e. The lowest BCUT2D eigenvalue weighted by Gasteiger charge is -2.25. The number of hydrogen-bond acceptors (Lipinski definition) is 3. The van der Waals surface area contributed by atoms with Crippen LogP contribution in [0.5, 0.6) is 0 Å². The highest BCUT2D eigenvalue weighted by Gasteiger charge is 2.21. The van der Waals surface area contributed by atoms with E-state index in [1.165, 1.54) is 36.7 Å². The Bertz CT molecular complexity index is 450. The monoisotopic (exact) mass is 365 g/mol. The van der Waals surface area contributed by atoms with Crippen LogP contribution < -0.4 is 5.32 Å². The molecule has 2 unspecified atom stereocenters. The van der Waals surface area contributed by atoms with Gasteiger partial charge in [-0.1, -0.05) is 76.2 Å². The Hall–Kier alpha value is -1.42. The Morgan fingerprint density at radius 3 is 2.52 bits per heavy atom. The molecule has 1 fully saturated rings. The summed E-state index contributed by atoms with van der Waals surface area (Å²) in [6.45, 7) is 9.48. The van der Waals surface area contributed by atoms with Crippen LogP contribution in [0.2, 0.25) is 0 Å². The molecule has 1 aromatic rings. The van der Waals surface area contributed by atoms with E-state index in [1.54, 1.807) is 0 Å². The lowest BCUT2D eigenvalue weighted by atomic mass is 9.81. The first-order valence-electron chi connectivity index (χ1n) is 9.52. The summed E-state index contributed by atoms with van der Waals surface area (Å²) in [6.07, 6.45) is 5.67. The highest BCUT2D eigenvalue weighted by molar-refractivity contribution is 7.78. The Morgan fingerprint density at radius 1 is 1.28 bits per heavy atom. The largest absolute Gasteiger partial charge is 0.466 e. The summed E-state index contributed by atoms with van der Waals surface area (Å²) < 4.78 is 4.94. The number of hydrogen-bond donors (Lipinski definition) is 1. The summed E-state index contributed by atoms with van der Waals surface area (Å²) in [7, 11) is 0. The molecule has 0 bridgehead atoms. The smallest absolute Gasteiger partial charge is 0.306 e. The lowest BCUT2D eigenvalue weighted by Crippen LogP contribution is -2.18. The molecule has 0 radical (unpaired) electrons. The van der Waals surface area contributed by atoms with E-state index in [0.717, 1.165) is 12.5 Å². The van der Waals surface area contributed by atoms with Gasteiger partial charge < -0.3 is 10.1 Å². The molecule has 142 valence electrons. The number of esters is 1. The van der Waals surface area contributed by atoms with Gasteiger partial charge in [0.05, 0.1) is 12.1 Å². The number of nitrogens with one attached hydrogen (secondary N) is 1. The minimum atomic E-state index is -0.0124. The molecular formula is C21H35NO2S. The maximum absolute atomic E-state index is 11.2. The van der Waals surface area contributed by atoms with E-state index < -0.39 is 0 Å². The molecule has 0 aromatic heterocycles. The van der Waals surface area contributed by atoms with Crippen LogP contribution in [0, 0.1) is 11.8 Å². The fourth-order valence-electron chi connectivity index (χ4n) is 2.96. The third-order valence-electron chi connectivity index (χ3n) is 4.04. The van der Waals surface area contributed by atoms with E-state index in [2.05, 4.69) is 36.6 Å². The average molecular weight is 366 g/mol. The fraction of sp³-hybridized carbons (Fsp3) is 0.619. The van der Waals surface area contributed by atoms with Gasteiger partial charge in [-0.3, -0.25) is 4.79 Å². The third-order valence-corrected chi connectivity index (χ3v) is 4.20. The molecule has 0 heterocycles. The number of carbonyl (C=O) groups excluding carboxylic acids is 1. The van der Waals surface area contributed by atoms with E-state index in [-0.39, 0.29) is 5.97 Å². The van der Waals surface area contributed by atoms with Crippen molar-refractivity contribution in [2.45, 2.75) is 66.3 Å². The van der Waals surface area contributed by atoms with Crippen LogP contribution in [0.15, 0.2) is 30.3 Å². The SMILES string of the molecule is CC.CCOC(=O)CC1CCCC(C)C1.S=CNCc1ccccc1. The molecular weight excluding hydrogens is 330 g/mol. The van der Waals surface area contributed by atoms with Crippen molar-refractivity contribution < 1.29 is 9.53 Å². The zero-order valence-corrected chi connectivity index (χ0v) is 17.1. The average Bonchev–Trinajstić information content (AvgIpc) is 2.63. The molecule has 4 heteroatoms. The molecule has 1 aromatic carbocycles. The molecule has 0 aliphatic heterocycles. The Morgan fingerprint density at radius 2 is 1.96 bits per heavy atom. The molecule has 25 heavy (non-hydrogen) atoms. The van der Waals surface area contributed by atoms with Crippen LogP contribution in [-0.2, 0) is 16.1 Å². The van der Waals surface area contributed by atoms with Crippen molar-refractivity contribution in [2.24, 2.45) is 11.8 Å². The molecule has 1 aliphatic rings. The van der Waals surface area contributed by atoms with Crippen molar-refractivity contribution in [3.8, 4) is 0 Å². The number of benzene rings is 1. The molecule has 1 N–H and O–H groups in total. The van der Waals surface area contributed by atoms with Gasteiger partial charge in [-0.2, -0.15) is 0 Å². The van der Waals surface area contributed by atoms with Crippen LogP contribution in [-0.4, -0.2) is 18.1 Å². The summed E-state index contributed by atoms with van der Waals surface area (Å²) in [5, 5.41) is 2.95. The third kappa shape index (κ3) is 12.6. The van der Waals surface area contributed by atoms with Gasteiger partial charge in [-0.05, 0) is 37.2 Å². The maximum atomic E-state index is 11.2. The molecule has 2 atom stereocenters. The van der Waals surface area contributed by atoms with Gasteiger partial charge in [0.25, 0.3) is 0 Å². The summed E-state index contributed by atoms with van der Waals surface area (Å²) in [5.74, 6) is 1.37. The predicted molar refractivity (Wildman–Crippen MR) is 111 cm³/mol. The zero-order valence-electron chi connectivity index (χ0n) is 16.3. The van der Waals surface area contributed by atoms with Gasteiger partial charge in [0.2, 0.25) is 0 Å². The predicted octanol–water partition coefficient (Wildman–Crippen LogP) is 5.53. The zero-order chi connectivity index (χ0) is 18.9. The second-order valence-corrected chi connectivity index (χ2v) is 6.37. The minimum absolute atomic E-state index is 0.0124. The second kappa shape index (κ2) is 16.1. The number of ether oxygens (including phenoxy) is 1. The first-order chi connectivity index (χ1) is 12.2. The van der Waals surface area contributed by atoms with Crippen molar-refractivity contribution in [2.75, 3.05) is 6.61 Å². The van der Waals surface area contributed by atoms with Crippen LogP contribution in [0.1, 0.15) is 65.4 Å². The van der Waals surface area contributed by atoms with E-state index >= 15 is 0 Å². The molecule has 1 aliphatic carbocycles. The summed E-state index contributed by atoms with van der Waals surface area (Å²) in [4.78, 5) is 11.2. The quantitative estimate of drug-likeness (QED) is 0.532. The van der Waals surface area contributed by atoms with Crippen molar-refractivity contribution >= 4 is 23.7 Å². The van der Waals surface area contributed by atoms with E-state index in [1.807, 2.05) is 39.0 Å². The standard InChI is InChI=1S/C11H20O2.C8H9NS.C2H6/c1-3-13-11(12)8-10-6-4-5-9(2)7-10;10-7-9-6-8-4-2-1-3-5-8;1-2/h9-10H,3-8H2,1-2H3;1-5,7H,6H2,(H,9,10);1-2H3. The second-order valence-electron chi connectivity index (χ2n) is 6.13. The van der Waals surface area contributed by atoms with E-state index in [4.69, 9.17) is 4.74 Å². The van der Waals surface area contributed by atoms with Crippen molar-refractivity contribution in [3.63, 3.8) is 0 Å². The molecule has 2 rings (SSSR count). The fourth-order valence-corrected chi connectivity index (χ4v) is 3.04. The first kappa shape index (κ1) is 23.6. The lowest BCUT2D eigenvalue weighted by molar-refractivity contribution is -0.144. The van der Waals surface area contributed by atoms with Crippen LogP contribution >= 0.6 is 12.2 Å². The first-order valence-corrected chi connectivity index (χ1v) is 9.99.